The number of carbonyl (C=O) groups excluding carboxylic acids is 2. The molecule has 0 spiro atoms. The van der Waals surface area contributed by atoms with Crippen molar-refractivity contribution < 1.29 is 19.1 Å². The molecule has 184 valence electrons. The molecule has 1 aliphatic rings. The van der Waals surface area contributed by atoms with Gasteiger partial charge in [-0.3, -0.25) is 4.79 Å². The topological polar surface area (TPSA) is 60.8 Å². The van der Waals surface area contributed by atoms with Gasteiger partial charge in [0.1, 0.15) is 11.4 Å². The number of thiophene rings is 1. The second-order valence-electron chi connectivity index (χ2n) is 9.54. The first kappa shape index (κ1) is 24.8. The second-order valence-corrected chi connectivity index (χ2v) is 10.5. The first-order valence-electron chi connectivity index (χ1n) is 11.8. The Labute approximate surface area is 210 Å². The van der Waals surface area contributed by atoms with Gasteiger partial charge in [-0.25, -0.2) is 4.79 Å². The minimum Gasteiger partial charge on any atom is -0.496 e. The van der Waals surface area contributed by atoms with Gasteiger partial charge in [-0.1, -0.05) is 6.07 Å². The maximum Gasteiger partial charge on any atom is 0.330 e. The Morgan fingerprint density at radius 3 is 2.60 bits per heavy atom. The number of nitrogens with zero attached hydrogens (tertiary/aromatic N) is 2. The Balaban J connectivity index is 1.90. The molecular weight excluding hydrogens is 460 g/mol. The van der Waals surface area contributed by atoms with Crippen molar-refractivity contribution in [2.75, 3.05) is 20.8 Å². The highest BCUT2D eigenvalue weighted by Crippen LogP contribution is 2.44. The van der Waals surface area contributed by atoms with Crippen LogP contribution in [0.3, 0.4) is 0 Å². The molecule has 2 aromatic heterocycles. The summed E-state index contributed by atoms with van der Waals surface area (Å²) in [5.74, 6) is 0.305. The van der Waals surface area contributed by atoms with E-state index in [1.165, 1.54) is 6.08 Å². The Morgan fingerprint density at radius 1 is 1.20 bits per heavy atom. The fourth-order valence-electron chi connectivity index (χ4n) is 4.30. The molecule has 0 bridgehead atoms. The normalized spacial score (nSPS) is 12.9. The van der Waals surface area contributed by atoms with Crippen molar-refractivity contribution in [1.29, 1.82) is 0 Å². The van der Waals surface area contributed by atoms with Crippen LogP contribution in [0.15, 0.2) is 41.8 Å². The third kappa shape index (κ3) is 4.78. The summed E-state index contributed by atoms with van der Waals surface area (Å²) in [6, 6.07) is 10.2. The Kier molecular flexibility index (Phi) is 6.90. The molecule has 0 atom stereocenters. The molecule has 0 radical (unpaired) electrons. The van der Waals surface area contributed by atoms with Crippen LogP contribution in [0.5, 0.6) is 5.75 Å². The number of carbonyl (C=O) groups is 2. The van der Waals surface area contributed by atoms with Gasteiger partial charge in [0.2, 0.25) is 0 Å². The van der Waals surface area contributed by atoms with E-state index in [4.69, 9.17) is 9.47 Å². The van der Waals surface area contributed by atoms with E-state index in [-0.39, 0.29) is 11.4 Å². The fraction of sp³-hybridized carbons (Fsp3) is 0.357. The predicted octanol–water partition coefficient (Wildman–Crippen LogP) is 5.90. The Hall–Kier alpha value is -3.32. The summed E-state index contributed by atoms with van der Waals surface area (Å²) in [6.07, 6.45) is 3.92. The lowest BCUT2D eigenvalue weighted by atomic mass is 9.93. The SMILES string of the molecule is CCOC(=O)/C=C/c1cc2c(cc1OC)CCn1c(C(=O)N(C)C(C)(C)C)cc(-c3cccs3)c1-2. The summed E-state index contributed by atoms with van der Waals surface area (Å²) in [7, 11) is 3.48. The highest BCUT2D eigenvalue weighted by Gasteiger charge is 2.31. The van der Waals surface area contributed by atoms with Gasteiger partial charge in [0.25, 0.3) is 5.91 Å². The van der Waals surface area contributed by atoms with Gasteiger partial charge in [0, 0.05) is 46.8 Å². The molecule has 35 heavy (non-hydrogen) atoms. The number of benzene rings is 1. The smallest absolute Gasteiger partial charge is 0.330 e. The number of aromatic nitrogens is 1. The first-order chi connectivity index (χ1) is 16.7. The number of hydrogen-bond donors (Lipinski definition) is 0. The highest BCUT2D eigenvalue weighted by atomic mass is 32.1. The molecule has 1 aliphatic heterocycles. The van der Waals surface area contributed by atoms with E-state index in [1.807, 2.05) is 57.5 Å². The molecule has 4 rings (SSSR count). The zero-order valence-electron chi connectivity index (χ0n) is 21.2. The first-order valence-corrected chi connectivity index (χ1v) is 12.6. The number of aryl methyl sites for hydroxylation is 1. The summed E-state index contributed by atoms with van der Waals surface area (Å²) in [6.45, 7) is 8.91. The molecule has 0 aliphatic carbocycles. The maximum absolute atomic E-state index is 13.6. The van der Waals surface area contributed by atoms with Gasteiger partial charge in [-0.15, -0.1) is 11.3 Å². The van der Waals surface area contributed by atoms with Crippen LogP contribution in [-0.4, -0.2) is 47.6 Å². The predicted molar refractivity (Wildman–Crippen MR) is 141 cm³/mol. The van der Waals surface area contributed by atoms with Crippen molar-refractivity contribution in [2.45, 2.75) is 46.2 Å². The van der Waals surface area contributed by atoms with Crippen molar-refractivity contribution in [3.05, 3.63) is 58.6 Å². The summed E-state index contributed by atoms with van der Waals surface area (Å²) in [5, 5.41) is 2.05. The van der Waals surface area contributed by atoms with Crippen LogP contribution >= 0.6 is 11.3 Å². The molecule has 0 unspecified atom stereocenters. The van der Waals surface area contributed by atoms with Crippen LogP contribution in [0.1, 0.15) is 49.3 Å². The van der Waals surface area contributed by atoms with Crippen molar-refractivity contribution in [1.82, 2.24) is 9.47 Å². The molecule has 7 heteroatoms. The molecule has 6 nitrogen and oxygen atoms in total. The van der Waals surface area contributed by atoms with Crippen molar-refractivity contribution >= 4 is 29.3 Å². The fourth-order valence-corrected chi connectivity index (χ4v) is 5.04. The number of fused-ring (bicyclic) bond motifs is 3. The standard InChI is InChI=1S/C28H32N2O4S/c1-7-34-25(31)11-10-19-15-20-18(16-23(19)33-6)12-13-30-22(27(32)29(5)28(2,3)4)17-21(26(20)30)24-9-8-14-35-24/h8-11,14-17H,7,12-13H2,1-6H3/b11-10+. The number of amides is 1. The van der Waals surface area contributed by atoms with Gasteiger partial charge in [0.05, 0.1) is 19.4 Å². The van der Waals surface area contributed by atoms with Crippen molar-refractivity contribution in [3.8, 4) is 27.4 Å². The Bertz CT molecular complexity index is 1280. The number of ether oxygens (including phenoxy) is 2. The van der Waals surface area contributed by atoms with Crippen molar-refractivity contribution in [3.63, 3.8) is 0 Å². The van der Waals surface area contributed by atoms with Crippen LogP contribution in [0.2, 0.25) is 0 Å². The van der Waals surface area contributed by atoms with Gasteiger partial charge in [0.15, 0.2) is 0 Å². The zero-order valence-corrected chi connectivity index (χ0v) is 22.0. The van der Waals surface area contributed by atoms with E-state index in [9.17, 15) is 9.59 Å². The summed E-state index contributed by atoms with van der Waals surface area (Å²) in [5.41, 5.74) is 5.43. The summed E-state index contributed by atoms with van der Waals surface area (Å²) >= 11 is 1.66. The molecule has 0 N–H and O–H groups in total. The molecular formula is C28H32N2O4S. The lowest BCUT2D eigenvalue weighted by molar-refractivity contribution is -0.137. The lowest BCUT2D eigenvalue weighted by Crippen LogP contribution is -2.43. The third-order valence-corrected chi connectivity index (χ3v) is 7.32. The largest absolute Gasteiger partial charge is 0.496 e. The van der Waals surface area contributed by atoms with Crippen LogP contribution in [0.25, 0.3) is 27.8 Å². The average molecular weight is 493 g/mol. The van der Waals surface area contributed by atoms with E-state index >= 15 is 0 Å². The van der Waals surface area contributed by atoms with Crippen molar-refractivity contribution in [2.24, 2.45) is 0 Å². The third-order valence-electron chi connectivity index (χ3n) is 6.41. The van der Waals surface area contributed by atoms with E-state index < -0.39 is 5.97 Å². The number of methoxy groups -OCH3 is 1. The van der Waals surface area contributed by atoms with Crippen LogP contribution in [0.4, 0.5) is 0 Å². The number of esters is 1. The summed E-state index contributed by atoms with van der Waals surface area (Å²) < 4.78 is 12.8. The molecule has 0 saturated carbocycles. The van der Waals surface area contributed by atoms with Gasteiger partial charge in [-0.2, -0.15) is 0 Å². The quantitative estimate of drug-likeness (QED) is 0.318. The minimum absolute atomic E-state index is 0.000878. The summed E-state index contributed by atoms with van der Waals surface area (Å²) in [4.78, 5) is 28.4. The molecule has 3 heterocycles. The van der Waals surface area contributed by atoms with Crippen LogP contribution in [0, 0.1) is 0 Å². The van der Waals surface area contributed by atoms with E-state index in [1.54, 1.807) is 36.3 Å². The minimum atomic E-state index is -0.395. The molecule has 3 aromatic rings. The number of hydrogen-bond acceptors (Lipinski definition) is 5. The molecule has 0 saturated heterocycles. The lowest BCUT2D eigenvalue weighted by Gasteiger charge is -2.32. The monoisotopic (exact) mass is 492 g/mol. The van der Waals surface area contributed by atoms with E-state index in [0.29, 0.717) is 24.6 Å². The van der Waals surface area contributed by atoms with E-state index in [2.05, 4.69) is 10.6 Å². The van der Waals surface area contributed by atoms with E-state index in [0.717, 1.165) is 39.2 Å². The zero-order chi connectivity index (χ0) is 25.3. The second kappa shape index (κ2) is 9.74. The molecule has 1 amide bonds. The molecule has 1 aromatic carbocycles. The van der Waals surface area contributed by atoms with Gasteiger partial charge in [-0.05, 0) is 75.4 Å². The Morgan fingerprint density at radius 2 is 1.97 bits per heavy atom. The average Bonchev–Trinajstić information content (AvgIpc) is 3.48. The molecule has 0 fully saturated rings. The van der Waals surface area contributed by atoms with Gasteiger partial charge >= 0.3 is 5.97 Å². The maximum atomic E-state index is 13.6. The van der Waals surface area contributed by atoms with Gasteiger partial charge < -0.3 is 18.9 Å². The van der Waals surface area contributed by atoms with Crippen LogP contribution < -0.4 is 4.74 Å². The number of rotatable bonds is 6. The highest BCUT2D eigenvalue weighted by molar-refractivity contribution is 7.13. The van der Waals surface area contributed by atoms with Crippen LogP contribution in [-0.2, 0) is 22.5 Å².